The van der Waals surface area contributed by atoms with Crippen LogP contribution in [0.2, 0.25) is 0 Å². The van der Waals surface area contributed by atoms with Gasteiger partial charge in [-0.25, -0.2) is 9.98 Å². The lowest BCUT2D eigenvalue weighted by molar-refractivity contribution is 0.875. The third-order valence-electron chi connectivity index (χ3n) is 4.38. The minimum absolute atomic E-state index is 0.178. The van der Waals surface area contributed by atoms with Gasteiger partial charge in [0, 0.05) is 11.5 Å². The van der Waals surface area contributed by atoms with E-state index < -0.39 is 0 Å². The van der Waals surface area contributed by atoms with Crippen LogP contribution in [0.5, 0.6) is 0 Å². The zero-order valence-electron chi connectivity index (χ0n) is 16.4. The Bertz CT molecular complexity index is 971. The Hall–Kier alpha value is -3.33. The van der Waals surface area contributed by atoms with Crippen molar-refractivity contribution in [3.05, 3.63) is 96.1 Å². The summed E-state index contributed by atoms with van der Waals surface area (Å²) in [6.07, 6.45) is 0. The summed E-state index contributed by atoms with van der Waals surface area (Å²) in [5.41, 5.74) is 4.42. The first-order valence-corrected chi connectivity index (χ1v) is 9.47. The van der Waals surface area contributed by atoms with Crippen LogP contribution in [0.4, 0.5) is 0 Å². The molecule has 0 heterocycles. The van der Waals surface area contributed by atoms with Crippen LogP contribution in [0, 0.1) is 5.92 Å². The van der Waals surface area contributed by atoms with Crippen LogP contribution in [-0.4, -0.2) is 18.4 Å². The van der Waals surface area contributed by atoms with Crippen molar-refractivity contribution in [1.29, 1.82) is 0 Å². The van der Waals surface area contributed by atoms with Crippen LogP contribution in [0.25, 0.3) is 11.1 Å². The molecular formula is C25H25N3. The monoisotopic (exact) mass is 367 g/mol. The summed E-state index contributed by atoms with van der Waals surface area (Å²) >= 11 is 0. The van der Waals surface area contributed by atoms with Crippen LogP contribution in [-0.2, 0) is 6.54 Å². The molecule has 0 N–H and O–H groups in total. The SMILES string of the molecule is C=NC(=NC(=NCc1ccccc1)c1cccc(-c2ccccc2)c1)C(C)C. The van der Waals surface area contributed by atoms with E-state index in [9.17, 15) is 0 Å². The highest BCUT2D eigenvalue weighted by Gasteiger charge is 2.09. The van der Waals surface area contributed by atoms with Gasteiger partial charge in [0.15, 0.2) is 5.84 Å². The second kappa shape index (κ2) is 9.56. The summed E-state index contributed by atoms with van der Waals surface area (Å²) in [5, 5.41) is 0. The minimum Gasteiger partial charge on any atom is -0.261 e. The van der Waals surface area contributed by atoms with E-state index in [2.05, 4.69) is 62.0 Å². The summed E-state index contributed by atoms with van der Waals surface area (Å²) < 4.78 is 0. The van der Waals surface area contributed by atoms with Gasteiger partial charge in [0.25, 0.3) is 0 Å². The topological polar surface area (TPSA) is 37.1 Å². The lowest BCUT2D eigenvalue weighted by atomic mass is 10.0. The molecule has 0 atom stereocenters. The maximum Gasteiger partial charge on any atom is 0.157 e. The first-order valence-electron chi connectivity index (χ1n) is 9.47. The molecular weight excluding hydrogens is 342 g/mol. The van der Waals surface area contributed by atoms with Crippen LogP contribution in [0.15, 0.2) is 99.9 Å². The third kappa shape index (κ3) is 5.10. The standard InChI is InChI=1S/C25H25N3/c1-19(2)24(26-3)28-25(27-18-20-11-6-4-7-12-20)23-16-10-15-22(17-23)21-13-8-5-9-14-21/h4-17,19H,3,18H2,1-2H3. The predicted molar refractivity (Wildman–Crippen MR) is 120 cm³/mol. The molecule has 3 aromatic carbocycles. The van der Waals surface area contributed by atoms with Gasteiger partial charge in [0.1, 0.15) is 5.84 Å². The highest BCUT2D eigenvalue weighted by Crippen LogP contribution is 2.21. The normalized spacial score (nSPS) is 12.2. The Morgan fingerprint density at radius 2 is 1.46 bits per heavy atom. The fourth-order valence-corrected chi connectivity index (χ4v) is 2.86. The number of rotatable bonds is 5. The van der Waals surface area contributed by atoms with E-state index >= 15 is 0 Å². The Morgan fingerprint density at radius 3 is 2.11 bits per heavy atom. The first-order chi connectivity index (χ1) is 13.7. The molecule has 0 saturated carbocycles. The van der Waals surface area contributed by atoms with Crippen LogP contribution in [0.1, 0.15) is 25.0 Å². The number of hydrogen-bond acceptors (Lipinski definition) is 1. The average Bonchev–Trinajstić information content (AvgIpc) is 2.75. The molecule has 0 aliphatic heterocycles. The second-order valence-corrected chi connectivity index (χ2v) is 6.86. The van der Waals surface area contributed by atoms with Gasteiger partial charge in [0.05, 0.1) is 6.54 Å². The predicted octanol–water partition coefficient (Wildman–Crippen LogP) is 6.06. The molecule has 0 radical (unpaired) electrons. The molecule has 0 amide bonds. The van der Waals surface area contributed by atoms with Gasteiger partial charge in [-0.2, -0.15) is 0 Å². The quantitative estimate of drug-likeness (QED) is 0.388. The maximum atomic E-state index is 4.81. The molecule has 3 heteroatoms. The van der Waals surface area contributed by atoms with E-state index in [4.69, 9.17) is 9.98 Å². The molecule has 0 aliphatic carbocycles. The molecule has 3 nitrogen and oxygen atoms in total. The van der Waals surface area contributed by atoms with Crippen molar-refractivity contribution in [2.75, 3.05) is 0 Å². The Labute approximate surface area is 167 Å². The van der Waals surface area contributed by atoms with Crippen molar-refractivity contribution in [2.45, 2.75) is 20.4 Å². The summed E-state index contributed by atoms with van der Waals surface area (Å²) in [6, 6.07) is 28.8. The fraction of sp³-hybridized carbons (Fsp3) is 0.160. The molecule has 0 fully saturated rings. The van der Waals surface area contributed by atoms with E-state index in [1.807, 2.05) is 48.5 Å². The molecule has 0 aromatic heterocycles. The fourth-order valence-electron chi connectivity index (χ4n) is 2.86. The van der Waals surface area contributed by atoms with E-state index in [0.29, 0.717) is 18.2 Å². The molecule has 0 spiro atoms. The van der Waals surface area contributed by atoms with Gasteiger partial charge in [0.2, 0.25) is 0 Å². The zero-order chi connectivity index (χ0) is 19.8. The van der Waals surface area contributed by atoms with E-state index in [1.54, 1.807) is 0 Å². The van der Waals surface area contributed by atoms with Crippen LogP contribution in [0.3, 0.4) is 0 Å². The molecule has 0 bridgehead atoms. The molecule has 0 aliphatic rings. The van der Waals surface area contributed by atoms with Crippen molar-refractivity contribution in [3.63, 3.8) is 0 Å². The largest absolute Gasteiger partial charge is 0.261 e. The molecule has 0 saturated heterocycles. The molecule has 0 unspecified atom stereocenters. The summed E-state index contributed by atoms with van der Waals surface area (Å²) in [5.74, 6) is 1.55. The summed E-state index contributed by atoms with van der Waals surface area (Å²) in [6.45, 7) is 8.36. The average molecular weight is 367 g/mol. The van der Waals surface area contributed by atoms with E-state index in [0.717, 1.165) is 16.7 Å². The molecule has 140 valence electrons. The smallest absolute Gasteiger partial charge is 0.157 e. The van der Waals surface area contributed by atoms with Crippen molar-refractivity contribution in [3.8, 4) is 11.1 Å². The number of benzene rings is 3. The first kappa shape index (κ1) is 19.4. The Balaban J connectivity index is 2.02. The maximum absolute atomic E-state index is 4.81. The summed E-state index contributed by atoms with van der Waals surface area (Å²) in [4.78, 5) is 13.7. The van der Waals surface area contributed by atoms with Crippen molar-refractivity contribution < 1.29 is 0 Å². The van der Waals surface area contributed by atoms with Crippen molar-refractivity contribution >= 4 is 18.4 Å². The Kier molecular flexibility index (Phi) is 6.64. The van der Waals surface area contributed by atoms with Crippen LogP contribution < -0.4 is 0 Å². The minimum atomic E-state index is 0.178. The van der Waals surface area contributed by atoms with Gasteiger partial charge in [-0.05, 0) is 29.5 Å². The van der Waals surface area contributed by atoms with E-state index in [1.165, 1.54) is 5.56 Å². The van der Waals surface area contributed by atoms with Gasteiger partial charge >= 0.3 is 0 Å². The summed E-state index contributed by atoms with van der Waals surface area (Å²) in [7, 11) is 0. The highest BCUT2D eigenvalue weighted by molar-refractivity contribution is 6.08. The zero-order valence-corrected chi connectivity index (χ0v) is 16.4. The lowest BCUT2D eigenvalue weighted by Crippen LogP contribution is -2.09. The lowest BCUT2D eigenvalue weighted by Gasteiger charge is -2.09. The molecule has 3 aromatic rings. The van der Waals surface area contributed by atoms with E-state index in [-0.39, 0.29) is 5.92 Å². The van der Waals surface area contributed by atoms with Gasteiger partial charge < -0.3 is 0 Å². The van der Waals surface area contributed by atoms with Gasteiger partial charge in [-0.3, -0.25) is 4.99 Å². The number of hydrogen-bond donors (Lipinski definition) is 0. The number of aliphatic imine (C=N–C) groups is 3. The number of nitrogens with zero attached hydrogens (tertiary/aromatic N) is 3. The number of amidine groups is 2. The van der Waals surface area contributed by atoms with Gasteiger partial charge in [-0.1, -0.05) is 92.7 Å². The highest BCUT2D eigenvalue weighted by atomic mass is 15.0. The van der Waals surface area contributed by atoms with Crippen LogP contribution >= 0.6 is 0 Å². The Morgan fingerprint density at radius 1 is 0.821 bits per heavy atom. The van der Waals surface area contributed by atoms with Gasteiger partial charge in [-0.15, -0.1) is 0 Å². The van der Waals surface area contributed by atoms with Crippen molar-refractivity contribution in [1.82, 2.24) is 0 Å². The molecule has 3 rings (SSSR count). The van der Waals surface area contributed by atoms with Crippen molar-refractivity contribution in [2.24, 2.45) is 20.9 Å². The second-order valence-electron chi connectivity index (χ2n) is 6.86. The third-order valence-corrected chi connectivity index (χ3v) is 4.38. The molecule has 28 heavy (non-hydrogen) atoms.